The zero-order chi connectivity index (χ0) is 16.4. The molecule has 1 aromatic rings. The lowest BCUT2D eigenvalue weighted by Crippen LogP contribution is -2.46. The molecule has 0 bridgehead atoms. The molecule has 0 spiro atoms. The highest BCUT2D eigenvalue weighted by molar-refractivity contribution is 6.60. The summed E-state index contributed by atoms with van der Waals surface area (Å²) in [6.45, 7) is 7.92. The van der Waals surface area contributed by atoms with Gasteiger partial charge in [0.05, 0.1) is 0 Å². The first-order chi connectivity index (χ1) is 10.6. The molecular formula is C13H25N3O5Si. The molecule has 9 heteroatoms. The summed E-state index contributed by atoms with van der Waals surface area (Å²) in [7, 11) is -2.64. The van der Waals surface area contributed by atoms with Crippen LogP contribution < -0.4 is 16.6 Å². The van der Waals surface area contributed by atoms with Crippen molar-refractivity contribution in [1.82, 2.24) is 9.97 Å². The lowest BCUT2D eigenvalue weighted by molar-refractivity contribution is 0.0710. The first-order valence-electron chi connectivity index (χ1n) is 7.54. The van der Waals surface area contributed by atoms with Gasteiger partial charge in [0, 0.05) is 38.6 Å². The average molecular weight is 331 g/mol. The molecule has 0 saturated heterocycles. The van der Waals surface area contributed by atoms with Crippen molar-refractivity contribution in [3.05, 3.63) is 27.0 Å². The predicted octanol–water partition coefficient (Wildman–Crippen LogP) is 0.914. The Balaban J connectivity index is 2.54. The Labute approximate surface area is 130 Å². The van der Waals surface area contributed by atoms with Crippen molar-refractivity contribution < 1.29 is 13.3 Å². The Morgan fingerprint density at radius 3 is 2.18 bits per heavy atom. The van der Waals surface area contributed by atoms with Gasteiger partial charge in [-0.1, -0.05) is 0 Å². The highest BCUT2D eigenvalue weighted by Crippen LogP contribution is 2.18. The second kappa shape index (κ2) is 9.56. The maximum atomic E-state index is 11.5. The molecule has 0 aliphatic carbocycles. The lowest BCUT2D eigenvalue weighted by Gasteiger charge is -2.28. The lowest BCUT2D eigenvalue weighted by atomic mass is 10.4. The van der Waals surface area contributed by atoms with Gasteiger partial charge in [-0.3, -0.25) is 9.78 Å². The van der Waals surface area contributed by atoms with E-state index in [9.17, 15) is 9.59 Å². The van der Waals surface area contributed by atoms with Gasteiger partial charge in [-0.05, 0) is 27.2 Å². The number of rotatable bonds is 11. The minimum Gasteiger partial charge on any atom is -0.379 e. The summed E-state index contributed by atoms with van der Waals surface area (Å²) in [5.41, 5.74) is -0.631. The van der Waals surface area contributed by atoms with E-state index in [1.165, 1.54) is 6.20 Å². The number of aromatic nitrogens is 2. The highest BCUT2D eigenvalue weighted by atomic mass is 28.4. The van der Waals surface area contributed by atoms with E-state index in [0.717, 1.165) is 6.42 Å². The SMILES string of the molecule is CCO[Si](CCCNc1c[nH]c(=O)[nH]c1=O)(OCC)OCC. The van der Waals surface area contributed by atoms with Gasteiger partial charge in [-0.15, -0.1) is 0 Å². The van der Waals surface area contributed by atoms with Crippen molar-refractivity contribution in [2.24, 2.45) is 0 Å². The van der Waals surface area contributed by atoms with E-state index in [0.29, 0.717) is 38.1 Å². The number of anilines is 1. The quantitative estimate of drug-likeness (QED) is 0.411. The maximum absolute atomic E-state index is 11.5. The summed E-state index contributed by atoms with van der Waals surface area (Å²) in [5, 5.41) is 2.98. The zero-order valence-corrected chi connectivity index (χ0v) is 14.4. The van der Waals surface area contributed by atoms with Gasteiger partial charge in [-0.25, -0.2) is 4.79 Å². The van der Waals surface area contributed by atoms with Crippen LogP contribution in [0.2, 0.25) is 6.04 Å². The first kappa shape index (κ1) is 18.6. The summed E-state index contributed by atoms with van der Waals surface area (Å²) in [6, 6.07) is 0.663. The summed E-state index contributed by atoms with van der Waals surface area (Å²) in [5.74, 6) is 0. The summed E-state index contributed by atoms with van der Waals surface area (Å²) in [4.78, 5) is 27.1. The Morgan fingerprint density at radius 2 is 1.68 bits per heavy atom. The van der Waals surface area contributed by atoms with Crippen LogP contribution in [-0.2, 0) is 13.3 Å². The second-order valence-electron chi connectivity index (χ2n) is 4.50. The molecule has 126 valence electrons. The van der Waals surface area contributed by atoms with Gasteiger partial charge in [0.25, 0.3) is 5.56 Å². The van der Waals surface area contributed by atoms with E-state index in [-0.39, 0.29) is 0 Å². The monoisotopic (exact) mass is 331 g/mol. The van der Waals surface area contributed by atoms with Crippen LogP contribution in [0.25, 0.3) is 0 Å². The van der Waals surface area contributed by atoms with E-state index >= 15 is 0 Å². The molecule has 1 rings (SSSR count). The van der Waals surface area contributed by atoms with Gasteiger partial charge < -0.3 is 23.6 Å². The van der Waals surface area contributed by atoms with Crippen LogP contribution in [0.4, 0.5) is 5.69 Å². The second-order valence-corrected chi connectivity index (χ2v) is 7.23. The minimum atomic E-state index is -2.64. The third-order valence-electron chi connectivity index (χ3n) is 2.89. The molecule has 0 amide bonds. The van der Waals surface area contributed by atoms with Crippen molar-refractivity contribution >= 4 is 14.5 Å². The zero-order valence-electron chi connectivity index (χ0n) is 13.4. The molecule has 22 heavy (non-hydrogen) atoms. The van der Waals surface area contributed by atoms with Gasteiger partial charge in [0.1, 0.15) is 5.69 Å². The van der Waals surface area contributed by atoms with Crippen molar-refractivity contribution in [3.8, 4) is 0 Å². The number of nitrogens with one attached hydrogen (secondary N) is 3. The number of hydrogen-bond acceptors (Lipinski definition) is 6. The van der Waals surface area contributed by atoms with E-state index in [1.807, 2.05) is 20.8 Å². The number of aromatic amines is 2. The number of hydrogen-bond donors (Lipinski definition) is 3. The molecule has 8 nitrogen and oxygen atoms in total. The summed E-state index contributed by atoms with van der Waals surface area (Å²) < 4.78 is 17.3. The van der Waals surface area contributed by atoms with Gasteiger partial charge >= 0.3 is 14.5 Å². The first-order valence-corrected chi connectivity index (χ1v) is 9.47. The molecule has 0 radical (unpaired) electrons. The predicted molar refractivity (Wildman–Crippen MR) is 86.2 cm³/mol. The minimum absolute atomic E-state index is 0.330. The molecule has 0 aromatic carbocycles. The van der Waals surface area contributed by atoms with Crippen LogP contribution in [0.15, 0.2) is 15.8 Å². The van der Waals surface area contributed by atoms with Crippen LogP contribution in [0.5, 0.6) is 0 Å². The van der Waals surface area contributed by atoms with Crippen molar-refractivity contribution in [2.75, 3.05) is 31.7 Å². The molecule has 3 N–H and O–H groups in total. The fourth-order valence-electron chi connectivity index (χ4n) is 2.07. The van der Waals surface area contributed by atoms with Crippen LogP contribution in [-0.4, -0.2) is 45.1 Å². The van der Waals surface area contributed by atoms with Crippen LogP contribution >= 0.6 is 0 Å². The summed E-state index contributed by atoms with van der Waals surface area (Å²) >= 11 is 0. The van der Waals surface area contributed by atoms with E-state index in [2.05, 4.69) is 15.3 Å². The highest BCUT2D eigenvalue weighted by Gasteiger charge is 2.39. The third kappa shape index (κ3) is 5.76. The Bertz CT molecular complexity index is 528. The standard InChI is InChI=1S/C13H25N3O5Si/c1-4-19-22(20-5-2,21-6-3)9-7-8-14-11-10-15-13(18)16-12(11)17/h10,14H,4-9H2,1-3H3,(H2,15,16,17,18). The molecule has 0 saturated carbocycles. The fourth-order valence-corrected chi connectivity index (χ4v) is 4.68. The van der Waals surface area contributed by atoms with Gasteiger partial charge in [-0.2, -0.15) is 0 Å². The van der Waals surface area contributed by atoms with Crippen LogP contribution in [0.1, 0.15) is 27.2 Å². The molecule has 1 aromatic heterocycles. The Kier molecular flexibility index (Phi) is 8.10. The molecule has 0 fully saturated rings. The maximum Gasteiger partial charge on any atom is 0.500 e. The topological polar surface area (TPSA) is 105 Å². The van der Waals surface area contributed by atoms with Crippen LogP contribution in [0.3, 0.4) is 0 Å². The summed E-state index contributed by atoms with van der Waals surface area (Å²) in [6.07, 6.45) is 2.09. The smallest absolute Gasteiger partial charge is 0.379 e. The van der Waals surface area contributed by atoms with Gasteiger partial charge in [0.15, 0.2) is 0 Å². The Hall–Kier alpha value is -1.42. The van der Waals surface area contributed by atoms with Crippen molar-refractivity contribution in [2.45, 2.75) is 33.2 Å². The molecule has 0 aliphatic heterocycles. The Morgan fingerprint density at radius 1 is 1.09 bits per heavy atom. The van der Waals surface area contributed by atoms with E-state index in [1.54, 1.807) is 0 Å². The molecule has 1 heterocycles. The van der Waals surface area contributed by atoms with Crippen molar-refractivity contribution in [3.63, 3.8) is 0 Å². The largest absolute Gasteiger partial charge is 0.500 e. The van der Waals surface area contributed by atoms with E-state index < -0.39 is 20.1 Å². The van der Waals surface area contributed by atoms with Crippen molar-refractivity contribution in [1.29, 1.82) is 0 Å². The number of H-pyrrole nitrogens is 2. The van der Waals surface area contributed by atoms with E-state index in [4.69, 9.17) is 13.3 Å². The average Bonchev–Trinajstić information content (AvgIpc) is 2.46. The fraction of sp³-hybridized carbons (Fsp3) is 0.692. The molecule has 0 atom stereocenters. The molecule has 0 unspecified atom stereocenters. The normalized spacial score (nSPS) is 11.6. The molecular weight excluding hydrogens is 306 g/mol. The molecule has 0 aliphatic rings. The van der Waals surface area contributed by atoms with Crippen LogP contribution in [0, 0.1) is 0 Å². The third-order valence-corrected chi connectivity index (χ3v) is 6.04. The van der Waals surface area contributed by atoms with Gasteiger partial charge in [0.2, 0.25) is 0 Å².